The quantitative estimate of drug-likeness (QED) is 0.466. The van der Waals surface area contributed by atoms with Crippen molar-refractivity contribution in [3.8, 4) is 17.1 Å². The maximum Gasteiger partial charge on any atom is 0.250 e. The molecule has 0 bridgehead atoms. The number of nitrogens with zero attached hydrogens (tertiary/aromatic N) is 6. The van der Waals surface area contributed by atoms with Gasteiger partial charge in [-0.15, -0.1) is 0 Å². The lowest BCUT2D eigenvalue weighted by Crippen LogP contribution is -2.47. The number of nitrogens with one attached hydrogen (secondary N) is 1. The van der Waals surface area contributed by atoms with Gasteiger partial charge in [0.1, 0.15) is 12.4 Å². The number of anilines is 2. The fraction of sp³-hybridized carbons (Fsp3) is 0.367. The molecule has 0 unspecified atom stereocenters. The summed E-state index contributed by atoms with van der Waals surface area (Å²) in [7, 11) is 2.09. The first-order valence-corrected chi connectivity index (χ1v) is 13.8. The molecular weight excluding hydrogens is 506 g/mol. The molecule has 3 aliphatic rings. The van der Waals surface area contributed by atoms with Crippen LogP contribution in [0.5, 0.6) is 5.75 Å². The molecule has 10 nitrogen and oxygen atoms in total. The van der Waals surface area contributed by atoms with Crippen LogP contribution in [0, 0.1) is 0 Å². The highest BCUT2D eigenvalue weighted by Gasteiger charge is 2.25. The van der Waals surface area contributed by atoms with Crippen molar-refractivity contribution in [3.05, 3.63) is 65.5 Å². The molecule has 3 aromatic rings. The molecule has 2 amide bonds. The van der Waals surface area contributed by atoms with Gasteiger partial charge < -0.3 is 24.8 Å². The molecule has 4 heterocycles. The van der Waals surface area contributed by atoms with Crippen LogP contribution in [0.15, 0.2) is 54.4 Å². The normalized spacial score (nSPS) is 17.1. The molecule has 2 fully saturated rings. The number of fused-ring (bicyclic) bond motifs is 1. The molecule has 0 radical (unpaired) electrons. The number of likely N-dealkylation sites (N-methyl/N-ethyl adjacent to an activating group) is 1. The van der Waals surface area contributed by atoms with Crippen molar-refractivity contribution in [3.63, 3.8) is 0 Å². The lowest BCUT2D eigenvalue weighted by atomic mass is 10.1. The number of ether oxygens (including phenoxy) is 1. The van der Waals surface area contributed by atoms with Gasteiger partial charge in [0.25, 0.3) is 0 Å². The van der Waals surface area contributed by atoms with E-state index in [2.05, 4.69) is 38.3 Å². The van der Waals surface area contributed by atoms with Gasteiger partial charge in [-0.2, -0.15) is 0 Å². The fourth-order valence-corrected chi connectivity index (χ4v) is 5.31. The molecule has 0 atom stereocenters. The molecule has 2 aliphatic heterocycles. The molecule has 0 saturated carbocycles. The van der Waals surface area contributed by atoms with Crippen LogP contribution in [-0.4, -0.2) is 94.4 Å². The van der Waals surface area contributed by atoms with Gasteiger partial charge in [0.2, 0.25) is 17.8 Å². The topological polar surface area (TPSA) is 104 Å². The highest BCUT2D eigenvalue weighted by Crippen LogP contribution is 2.30. The van der Waals surface area contributed by atoms with Crippen molar-refractivity contribution in [2.24, 2.45) is 0 Å². The molecule has 40 heavy (non-hydrogen) atoms. The van der Waals surface area contributed by atoms with Crippen molar-refractivity contribution in [1.82, 2.24) is 29.7 Å². The Balaban J connectivity index is 1.10. The summed E-state index contributed by atoms with van der Waals surface area (Å²) >= 11 is 0. The Morgan fingerprint density at radius 2 is 1.85 bits per heavy atom. The first kappa shape index (κ1) is 25.9. The molecule has 6 rings (SSSR count). The number of benzene rings is 1. The summed E-state index contributed by atoms with van der Waals surface area (Å²) in [4.78, 5) is 44.4. The Morgan fingerprint density at radius 1 is 1.00 bits per heavy atom. The van der Waals surface area contributed by atoms with Gasteiger partial charge in [-0.25, -0.2) is 9.97 Å². The Morgan fingerprint density at radius 3 is 2.67 bits per heavy atom. The average Bonchev–Trinajstić information content (AvgIpc) is 3.59. The van der Waals surface area contributed by atoms with Gasteiger partial charge in [0.05, 0.1) is 17.9 Å². The summed E-state index contributed by atoms with van der Waals surface area (Å²) in [6.07, 6.45) is 7.59. The summed E-state index contributed by atoms with van der Waals surface area (Å²) in [6.45, 7) is 5.18. The average molecular weight is 540 g/mol. The van der Waals surface area contributed by atoms with Crippen LogP contribution < -0.4 is 10.1 Å². The van der Waals surface area contributed by atoms with Crippen LogP contribution in [0.2, 0.25) is 0 Å². The van der Waals surface area contributed by atoms with E-state index < -0.39 is 0 Å². The summed E-state index contributed by atoms with van der Waals surface area (Å²) in [5.74, 6) is 1.46. The van der Waals surface area contributed by atoms with Crippen LogP contribution in [0.3, 0.4) is 0 Å². The van der Waals surface area contributed by atoms with Crippen LogP contribution >= 0.6 is 0 Å². The van der Waals surface area contributed by atoms with E-state index in [1.807, 2.05) is 40.1 Å². The number of carbonyl (C=O) groups excluding carboxylic acids is 2. The van der Waals surface area contributed by atoms with Gasteiger partial charge in [-0.1, -0.05) is 6.07 Å². The van der Waals surface area contributed by atoms with Crippen molar-refractivity contribution in [1.29, 1.82) is 0 Å². The van der Waals surface area contributed by atoms with E-state index in [-0.39, 0.29) is 11.8 Å². The SMILES string of the molecule is CN1CCN(C(=O)C2=Cc3cc(Nc4nccc(-c5cc(OCCN6CCCC6=O)ccn5)n4)ccc3C2)CC1. The zero-order valence-corrected chi connectivity index (χ0v) is 22.7. The zero-order chi connectivity index (χ0) is 27.5. The Hall–Kier alpha value is -4.31. The summed E-state index contributed by atoms with van der Waals surface area (Å²) < 4.78 is 5.89. The maximum atomic E-state index is 13.1. The smallest absolute Gasteiger partial charge is 0.250 e. The number of hydrogen-bond donors (Lipinski definition) is 1. The van der Waals surface area contributed by atoms with Gasteiger partial charge in [0.15, 0.2) is 0 Å². The highest BCUT2D eigenvalue weighted by molar-refractivity contribution is 6.00. The largest absolute Gasteiger partial charge is 0.492 e. The molecule has 206 valence electrons. The van der Waals surface area contributed by atoms with E-state index in [0.717, 1.165) is 61.5 Å². The van der Waals surface area contributed by atoms with Crippen molar-refractivity contribution in [2.45, 2.75) is 19.3 Å². The number of carbonyl (C=O) groups is 2. The summed E-state index contributed by atoms with van der Waals surface area (Å²) in [5, 5.41) is 3.29. The number of hydrogen-bond acceptors (Lipinski definition) is 8. The second-order valence-corrected chi connectivity index (χ2v) is 10.5. The monoisotopic (exact) mass is 539 g/mol. The molecule has 1 N–H and O–H groups in total. The number of piperazine rings is 1. The van der Waals surface area contributed by atoms with Gasteiger partial charge in [-0.05, 0) is 54.9 Å². The van der Waals surface area contributed by atoms with Gasteiger partial charge in [0, 0.05) is 75.3 Å². The predicted molar refractivity (Wildman–Crippen MR) is 152 cm³/mol. The number of amides is 2. The Kier molecular flexibility index (Phi) is 7.41. The van der Waals surface area contributed by atoms with E-state index in [1.165, 1.54) is 0 Å². The maximum absolute atomic E-state index is 13.1. The van der Waals surface area contributed by atoms with Crippen LogP contribution in [0.4, 0.5) is 11.6 Å². The first-order chi connectivity index (χ1) is 19.5. The third-order valence-electron chi connectivity index (χ3n) is 7.63. The standard InChI is InChI=1S/C30H33N7O3/c1-35-11-13-37(14-12-35)29(39)23-17-21-4-5-24(19-22(21)18-23)33-30-32-9-7-26(34-30)27-20-25(6-8-31-27)40-16-15-36-10-2-3-28(36)38/h4-9,18-20H,2-3,10-17H2,1H3,(H,32,33,34). The summed E-state index contributed by atoms with van der Waals surface area (Å²) in [6, 6.07) is 11.5. The number of aromatic nitrogens is 3. The van der Waals surface area contributed by atoms with Crippen LogP contribution in [-0.2, 0) is 16.0 Å². The van der Waals surface area contributed by atoms with Crippen molar-refractivity contribution < 1.29 is 14.3 Å². The lowest BCUT2D eigenvalue weighted by molar-refractivity contribution is -0.129. The minimum atomic E-state index is 0.137. The number of pyridine rings is 1. The van der Waals surface area contributed by atoms with Crippen molar-refractivity contribution in [2.75, 3.05) is 58.2 Å². The minimum absolute atomic E-state index is 0.137. The first-order valence-electron chi connectivity index (χ1n) is 13.8. The molecular formula is C30H33N7O3. The second kappa shape index (κ2) is 11.4. The van der Waals surface area contributed by atoms with Crippen molar-refractivity contribution >= 4 is 29.5 Å². The molecule has 2 saturated heterocycles. The molecule has 1 aromatic carbocycles. The predicted octanol–water partition coefficient (Wildman–Crippen LogP) is 3.00. The van der Waals surface area contributed by atoms with E-state index in [0.29, 0.717) is 49.1 Å². The summed E-state index contributed by atoms with van der Waals surface area (Å²) in [5.41, 5.74) is 5.22. The molecule has 0 spiro atoms. The molecule has 10 heteroatoms. The van der Waals surface area contributed by atoms with Gasteiger partial charge in [-0.3, -0.25) is 14.6 Å². The van der Waals surface area contributed by atoms with Gasteiger partial charge >= 0.3 is 0 Å². The second-order valence-electron chi connectivity index (χ2n) is 10.5. The number of likely N-dealkylation sites (tertiary alicyclic amines) is 1. The third kappa shape index (κ3) is 5.81. The Labute approximate surface area is 233 Å². The zero-order valence-electron chi connectivity index (χ0n) is 22.7. The lowest BCUT2D eigenvalue weighted by Gasteiger charge is -2.32. The van der Waals surface area contributed by atoms with E-state index >= 15 is 0 Å². The molecule has 1 aliphatic carbocycles. The molecule has 2 aromatic heterocycles. The fourth-order valence-electron chi connectivity index (χ4n) is 5.31. The highest BCUT2D eigenvalue weighted by atomic mass is 16.5. The third-order valence-corrected chi connectivity index (χ3v) is 7.63. The Bertz CT molecular complexity index is 1450. The van der Waals surface area contributed by atoms with Crippen LogP contribution in [0.25, 0.3) is 17.5 Å². The number of rotatable bonds is 8. The van der Waals surface area contributed by atoms with E-state index in [1.54, 1.807) is 18.5 Å². The van der Waals surface area contributed by atoms with E-state index in [4.69, 9.17) is 4.74 Å². The van der Waals surface area contributed by atoms with E-state index in [9.17, 15) is 9.59 Å². The minimum Gasteiger partial charge on any atom is -0.492 e. The van der Waals surface area contributed by atoms with Crippen LogP contribution in [0.1, 0.15) is 24.0 Å².